The van der Waals surface area contributed by atoms with Crippen LogP contribution in [0.2, 0.25) is 5.15 Å². The van der Waals surface area contributed by atoms with Crippen molar-refractivity contribution in [3.63, 3.8) is 0 Å². The van der Waals surface area contributed by atoms with Crippen LogP contribution >= 0.6 is 11.6 Å². The molecule has 1 heterocycles. The summed E-state index contributed by atoms with van der Waals surface area (Å²) in [6.45, 7) is 1.47. The molecule has 0 aliphatic heterocycles. The summed E-state index contributed by atoms with van der Waals surface area (Å²) in [6.07, 6.45) is 0.493. The van der Waals surface area contributed by atoms with Gasteiger partial charge in [-0.3, -0.25) is 14.9 Å². The van der Waals surface area contributed by atoms with Gasteiger partial charge in [0.2, 0.25) is 0 Å². The molecule has 24 heavy (non-hydrogen) atoms. The van der Waals surface area contributed by atoms with Crippen molar-refractivity contribution >= 4 is 28.9 Å². The fourth-order valence-corrected chi connectivity index (χ4v) is 1.99. The van der Waals surface area contributed by atoms with Crippen molar-refractivity contribution in [2.75, 3.05) is 12.4 Å². The lowest BCUT2D eigenvalue weighted by molar-refractivity contribution is -0.386. The third kappa shape index (κ3) is 4.11. The van der Waals surface area contributed by atoms with E-state index < -0.39 is 16.9 Å². The Labute approximate surface area is 142 Å². The minimum atomic E-state index is -0.992. The quantitative estimate of drug-likeness (QED) is 0.487. The van der Waals surface area contributed by atoms with Crippen molar-refractivity contribution in [1.82, 2.24) is 4.98 Å². The van der Waals surface area contributed by atoms with E-state index in [0.717, 1.165) is 0 Å². The van der Waals surface area contributed by atoms with Gasteiger partial charge in [-0.25, -0.2) is 4.98 Å². The molecular formula is C15H14ClN3O5. The number of nitro groups is 1. The van der Waals surface area contributed by atoms with E-state index in [0.29, 0.717) is 11.4 Å². The fourth-order valence-electron chi connectivity index (χ4n) is 1.82. The van der Waals surface area contributed by atoms with Crippen LogP contribution in [0.3, 0.4) is 0 Å². The lowest BCUT2D eigenvalue weighted by Crippen LogP contribution is -2.30. The Balaban J connectivity index is 2.14. The number of nitro benzene ring substituents is 1. The number of methoxy groups -OCH3 is 1. The highest BCUT2D eigenvalue weighted by Crippen LogP contribution is 2.31. The highest BCUT2D eigenvalue weighted by atomic mass is 35.5. The molecule has 2 aromatic rings. The number of hydrogen-bond acceptors (Lipinski definition) is 6. The first-order chi connectivity index (χ1) is 11.4. The number of aromatic nitrogens is 1. The van der Waals surface area contributed by atoms with Crippen LogP contribution in [0.25, 0.3) is 0 Å². The minimum Gasteiger partial charge on any atom is -0.496 e. The number of nitrogens with zero attached hydrogens (tertiary/aromatic N) is 2. The number of hydrogen-bond donors (Lipinski definition) is 1. The maximum absolute atomic E-state index is 12.2. The molecule has 126 valence electrons. The molecule has 0 saturated carbocycles. The SMILES string of the molecule is COc1ccc(O[C@H](C)C(=O)Nc2cccnc2Cl)c([N+](=O)[O-])c1. The lowest BCUT2D eigenvalue weighted by Gasteiger charge is -2.15. The molecule has 0 aliphatic carbocycles. The second-order valence-corrected chi connectivity index (χ2v) is 5.04. The molecule has 1 aromatic carbocycles. The molecule has 1 N–H and O–H groups in total. The molecule has 0 radical (unpaired) electrons. The molecule has 1 amide bonds. The maximum atomic E-state index is 12.2. The second-order valence-electron chi connectivity index (χ2n) is 4.68. The van der Waals surface area contributed by atoms with Gasteiger partial charge in [0.15, 0.2) is 17.0 Å². The number of amides is 1. The molecule has 9 heteroatoms. The van der Waals surface area contributed by atoms with Gasteiger partial charge in [-0.1, -0.05) is 11.6 Å². The summed E-state index contributed by atoms with van der Waals surface area (Å²) in [7, 11) is 1.40. The summed E-state index contributed by atoms with van der Waals surface area (Å²) < 4.78 is 10.4. The number of halogens is 1. The van der Waals surface area contributed by atoms with E-state index in [-0.39, 0.29) is 16.6 Å². The third-order valence-corrected chi connectivity index (χ3v) is 3.35. The van der Waals surface area contributed by atoms with E-state index in [4.69, 9.17) is 21.1 Å². The Morgan fingerprint density at radius 1 is 1.42 bits per heavy atom. The van der Waals surface area contributed by atoms with Crippen LogP contribution in [0, 0.1) is 10.1 Å². The summed E-state index contributed by atoms with van der Waals surface area (Å²) in [5.41, 5.74) is 0.0252. The highest BCUT2D eigenvalue weighted by Gasteiger charge is 2.22. The van der Waals surface area contributed by atoms with Gasteiger partial charge in [0.25, 0.3) is 5.91 Å². The summed E-state index contributed by atoms with van der Waals surface area (Å²) in [4.78, 5) is 26.5. The second kappa shape index (κ2) is 7.60. The van der Waals surface area contributed by atoms with Crippen molar-refractivity contribution in [3.8, 4) is 11.5 Å². The maximum Gasteiger partial charge on any atom is 0.314 e. The number of ether oxygens (including phenoxy) is 2. The first-order valence-corrected chi connectivity index (χ1v) is 7.20. The van der Waals surface area contributed by atoms with Gasteiger partial charge in [0.1, 0.15) is 5.75 Å². The molecular weight excluding hydrogens is 338 g/mol. The third-order valence-electron chi connectivity index (χ3n) is 3.05. The number of rotatable bonds is 6. The van der Waals surface area contributed by atoms with E-state index >= 15 is 0 Å². The Hall–Kier alpha value is -2.87. The van der Waals surface area contributed by atoms with Crippen molar-refractivity contribution in [2.24, 2.45) is 0 Å². The molecule has 0 unspecified atom stereocenters. The first kappa shape index (κ1) is 17.5. The van der Waals surface area contributed by atoms with Crippen LogP contribution in [0.5, 0.6) is 11.5 Å². The Bertz CT molecular complexity index is 769. The summed E-state index contributed by atoms with van der Waals surface area (Å²) >= 11 is 5.86. The normalized spacial score (nSPS) is 11.5. The zero-order valence-electron chi connectivity index (χ0n) is 12.9. The van der Waals surface area contributed by atoms with Gasteiger partial charge in [-0.2, -0.15) is 0 Å². The van der Waals surface area contributed by atoms with E-state index in [1.54, 1.807) is 12.1 Å². The van der Waals surface area contributed by atoms with Crippen LogP contribution in [-0.2, 0) is 4.79 Å². The summed E-state index contributed by atoms with van der Waals surface area (Å²) in [5, 5.41) is 13.8. The number of benzene rings is 1. The molecule has 0 saturated heterocycles. The van der Waals surface area contributed by atoms with E-state index in [1.807, 2.05) is 0 Å². The van der Waals surface area contributed by atoms with Gasteiger partial charge < -0.3 is 14.8 Å². The predicted molar refractivity (Wildman–Crippen MR) is 87.6 cm³/mol. The zero-order valence-corrected chi connectivity index (χ0v) is 13.6. The smallest absolute Gasteiger partial charge is 0.314 e. The molecule has 1 atom stereocenters. The van der Waals surface area contributed by atoms with Crippen molar-refractivity contribution in [2.45, 2.75) is 13.0 Å². The minimum absolute atomic E-state index is 0.0410. The van der Waals surface area contributed by atoms with Gasteiger partial charge in [-0.05, 0) is 31.2 Å². The molecule has 2 rings (SSSR count). The van der Waals surface area contributed by atoms with Gasteiger partial charge in [-0.15, -0.1) is 0 Å². The van der Waals surface area contributed by atoms with Crippen molar-refractivity contribution < 1.29 is 19.2 Å². The van der Waals surface area contributed by atoms with Gasteiger partial charge in [0.05, 0.1) is 23.8 Å². The van der Waals surface area contributed by atoms with E-state index in [1.165, 1.54) is 38.4 Å². The van der Waals surface area contributed by atoms with Gasteiger partial charge >= 0.3 is 5.69 Å². The Morgan fingerprint density at radius 2 is 2.17 bits per heavy atom. The monoisotopic (exact) mass is 351 g/mol. The number of carbonyl (C=O) groups excluding carboxylic acids is 1. The number of nitrogens with one attached hydrogen (secondary N) is 1. The first-order valence-electron chi connectivity index (χ1n) is 6.83. The summed E-state index contributed by atoms with van der Waals surface area (Å²) in [6, 6.07) is 7.29. The van der Waals surface area contributed by atoms with Crippen LogP contribution < -0.4 is 14.8 Å². The zero-order chi connectivity index (χ0) is 17.7. The predicted octanol–water partition coefficient (Wildman–Crippen LogP) is 3.06. The number of carbonyl (C=O) groups is 1. The number of anilines is 1. The van der Waals surface area contributed by atoms with E-state index in [9.17, 15) is 14.9 Å². The molecule has 0 fully saturated rings. The van der Waals surface area contributed by atoms with Crippen molar-refractivity contribution in [1.29, 1.82) is 0 Å². The molecule has 8 nitrogen and oxygen atoms in total. The Kier molecular flexibility index (Phi) is 5.54. The molecule has 0 bridgehead atoms. The molecule has 1 aromatic heterocycles. The Morgan fingerprint density at radius 3 is 2.79 bits per heavy atom. The standard InChI is InChI=1S/C15H14ClN3O5/c1-9(15(20)18-11-4-3-7-17-14(11)16)24-13-6-5-10(23-2)8-12(13)19(21)22/h3-9H,1-2H3,(H,18,20)/t9-/m1/s1. The summed E-state index contributed by atoms with van der Waals surface area (Å²) in [5.74, 6) is -0.246. The van der Waals surface area contributed by atoms with Crippen LogP contribution in [0.4, 0.5) is 11.4 Å². The van der Waals surface area contributed by atoms with E-state index in [2.05, 4.69) is 10.3 Å². The van der Waals surface area contributed by atoms with Crippen molar-refractivity contribution in [3.05, 3.63) is 51.8 Å². The lowest BCUT2D eigenvalue weighted by atomic mass is 10.2. The highest BCUT2D eigenvalue weighted by molar-refractivity contribution is 6.32. The van der Waals surface area contributed by atoms with Crippen LogP contribution in [0.15, 0.2) is 36.5 Å². The fraction of sp³-hybridized carbons (Fsp3) is 0.200. The molecule has 0 spiro atoms. The largest absolute Gasteiger partial charge is 0.496 e. The van der Waals surface area contributed by atoms with Gasteiger partial charge in [0, 0.05) is 6.20 Å². The number of pyridine rings is 1. The van der Waals surface area contributed by atoms with Crippen LogP contribution in [0.1, 0.15) is 6.92 Å². The average Bonchev–Trinajstić information content (AvgIpc) is 2.57. The average molecular weight is 352 g/mol. The molecule has 0 aliphatic rings. The topological polar surface area (TPSA) is 104 Å². The van der Waals surface area contributed by atoms with Crippen LogP contribution in [-0.4, -0.2) is 29.0 Å².